The van der Waals surface area contributed by atoms with Crippen molar-refractivity contribution < 1.29 is 0 Å². The maximum Gasteiger partial charge on any atom is 0.133 e. The lowest BCUT2D eigenvalue weighted by atomic mass is 9.85. The van der Waals surface area contributed by atoms with Crippen LogP contribution in [-0.4, -0.2) is 0 Å². The highest BCUT2D eigenvalue weighted by atomic mass is 35.5. The molecule has 2 aliphatic carbocycles. The lowest BCUT2D eigenvalue weighted by Crippen LogP contribution is -2.32. The molecule has 23 heavy (non-hydrogen) atoms. The van der Waals surface area contributed by atoms with E-state index in [1.807, 2.05) is 0 Å². The average Bonchev–Trinajstić information content (AvgIpc) is 2.55. The van der Waals surface area contributed by atoms with Crippen LogP contribution >= 0.6 is 23.2 Å². The molecule has 0 fully saturated rings. The molecular formula is C17H10Cl2N4. The number of nitrogens with one attached hydrogen (secondary N) is 4. The lowest BCUT2D eigenvalue weighted by Gasteiger charge is -2.19. The van der Waals surface area contributed by atoms with Gasteiger partial charge in [0.15, 0.2) is 0 Å². The highest BCUT2D eigenvalue weighted by molar-refractivity contribution is 6.44. The summed E-state index contributed by atoms with van der Waals surface area (Å²) in [5.74, 6) is 0. The Kier molecular flexibility index (Phi) is 2.86. The Labute approximate surface area is 140 Å². The zero-order chi connectivity index (χ0) is 16.5. The molecule has 4 nitrogen and oxygen atoms in total. The van der Waals surface area contributed by atoms with Gasteiger partial charge < -0.3 is 0 Å². The fourth-order valence-corrected chi connectivity index (χ4v) is 3.67. The first kappa shape index (κ1) is 14.3. The zero-order valence-corrected chi connectivity index (χ0v) is 13.2. The second-order valence-corrected chi connectivity index (χ2v) is 6.58. The summed E-state index contributed by atoms with van der Waals surface area (Å²) in [6, 6.07) is 8.71. The minimum atomic E-state index is -0.826. The van der Waals surface area contributed by atoms with Gasteiger partial charge in [0.1, 0.15) is 4.84 Å². The van der Waals surface area contributed by atoms with Gasteiger partial charge in [-0.25, -0.2) is 0 Å². The van der Waals surface area contributed by atoms with E-state index in [0.717, 1.165) is 5.56 Å². The Hall–Kier alpha value is -2.30. The molecule has 0 aromatic heterocycles. The molecule has 0 heterocycles. The van der Waals surface area contributed by atoms with Crippen LogP contribution in [0.5, 0.6) is 0 Å². The van der Waals surface area contributed by atoms with E-state index in [1.165, 1.54) is 0 Å². The van der Waals surface area contributed by atoms with Crippen molar-refractivity contribution in [3.05, 3.63) is 57.3 Å². The molecule has 4 rings (SSSR count). The van der Waals surface area contributed by atoms with E-state index in [-0.39, 0.29) is 21.4 Å². The fraction of sp³-hybridized carbons (Fsp3) is 0.0588. The van der Waals surface area contributed by atoms with Crippen molar-refractivity contribution in [3.63, 3.8) is 0 Å². The number of rotatable bonds is 1. The standard InChI is InChI=1S/C17H10Cl2N4/c18-17(19)9-5-4-8-11-10-6(13(20)14(8)21)2-1-3-7(10)15(22)16(23)12(9)11/h1-5,17,20-23H. The van der Waals surface area contributed by atoms with Crippen LogP contribution in [-0.2, 0) is 0 Å². The largest absolute Gasteiger partial charge is 0.298 e. The second-order valence-electron chi connectivity index (χ2n) is 5.48. The van der Waals surface area contributed by atoms with Gasteiger partial charge in [-0.15, -0.1) is 23.2 Å². The molecule has 2 aliphatic rings. The van der Waals surface area contributed by atoms with Gasteiger partial charge in [0.25, 0.3) is 0 Å². The molecule has 0 amide bonds. The van der Waals surface area contributed by atoms with Crippen LogP contribution in [0.4, 0.5) is 0 Å². The van der Waals surface area contributed by atoms with Gasteiger partial charge in [0, 0.05) is 32.7 Å². The molecule has 2 aromatic carbocycles. The van der Waals surface area contributed by atoms with Gasteiger partial charge >= 0.3 is 0 Å². The Morgan fingerprint density at radius 3 is 1.74 bits per heavy atom. The predicted molar refractivity (Wildman–Crippen MR) is 89.5 cm³/mol. The van der Waals surface area contributed by atoms with Crippen molar-refractivity contribution >= 4 is 44.7 Å². The van der Waals surface area contributed by atoms with Gasteiger partial charge in [-0.2, -0.15) is 0 Å². The topological polar surface area (TPSA) is 95.4 Å². The Morgan fingerprint density at radius 2 is 1.17 bits per heavy atom. The molecule has 0 spiro atoms. The third-order valence-corrected chi connectivity index (χ3v) is 4.82. The number of benzene rings is 4. The molecule has 0 saturated heterocycles. The summed E-state index contributed by atoms with van der Waals surface area (Å²) >= 11 is 12.1. The van der Waals surface area contributed by atoms with Crippen LogP contribution in [0.2, 0.25) is 0 Å². The fourth-order valence-electron chi connectivity index (χ4n) is 3.31. The first-order valence-corrected chi connectivity index (χ1v) is 7.75. The first-order chi connectivity index (χ1) is 10.9. The van der Waals surface area contributed by atoms with Gasteiger partial charge in [0.2, 0.25) is 0 Å². The first-order valence-electron chi connectivity index (χ1n) is 6.88. The lowest BCUT2D eigenvalue weighted by molar-refractivity contribution is 1.15. The van der Waals surface area contributed by atoms with Crippen molar-refractivity contribution in [3.8, 4) is 11.1 Å². The van der Waals surface area contributed by atoms with Crippen LogP contribution in [0.15, 0.2) is 30.3 Å². The van der Waals surface area contributed by atoms with Crippen LogP contribution in [0.1, 0.15) is 10.4 Å². The second kappa shape index (κ2) is 4.60. The molecular weight excluding hydrogens is 331 g/mol. The molecule has 0 atom stereocenters. The average molecular weight is 341 g/mol. The van der Waals surface area contributed by atoms with Crippen molar-refractivity contribution in [1.82, 2.24) is 0 Å². The van der Waals surface area contributed by atoms with Gasteiger partial charge in [-0.3, -0.25) is 21.6 Å². The molecule has 4 N–H and O–H groups in total. The molecule has 0 aliphatic heterocycles. The van der Waals surface area contributed by atoms with Crippen molar-refractivity contribution in [2.45, 2.75) is 4.84 Å². The van der Waals surface area contributed by atoms with Gasteiger partial charge in [0.05, 0.1) is 21.4 Å². The predicted octanol–water partition coefficient (Wildman–Crippen LogP) is 2.81. The van der Waals surface area contributed by atoms with Crippen molar-refractivity contribution in [2.75, 3.05) is 0 Å². The summed E-state index contributed by atoms with van der Waals surface area (Å²) in [5.41, 5.74) is 1.99. The van der Waals surface area contributed by atoms with Crippen LogP contribution in [0.3, 0.4) is 0 Å². The van der Waals surface area contributed by atoms with Crippen LogP contribution in [0.25, 0.3) is 32.7 Å². The van der Waals surface area contributed by atoms with Gasteiger partial charge in [-0.05, 0) is 5.56 Å². The minimum absolute atomic E-state index is 0.0500. The quantitative estimate of drug-likeness (QED) is 0.303. The monoisotopic (exact) mass is 340 g/mol. The molecule has 0 bridgehead atoms. The summed E-state index contributed by atoms with van der Waals surface area (Å²) in [4.78, 5) is -0.826. The Bertz CT molecular complexity index is 1270. The van der Waals surface area contributed by atoms with Crippen molar-refractivity contribution in [1.29, 1.82) is 21.6 Å². The normalized spacial score (nSPS) is 12.1. The smallest absolute Gasteiger partial charge is 0.133 e. The van der Waals surface area contributed by atoms with Crippen LogP contribution < -0.4 is 21.4 Å². The minimum Gasteiger partial charge on any atom is -0.298 e. The molecule has 112 valence electrons. The van der Waals surface area contributed by atoms with E-state index in [0.29, 0.717) is 32.7 Å². The molecule has 0 saturated carbocycles. The third kappa shape index (κ3) is 1.68. The van der Waals surface area contributed by atoms with E-state index in [2.05, 4.69) is 0 Å². The summed E-state index contributed by atoms with van der Waals surface area (Å²) in [5, 5.41) is 35.9. The van der Waals surface area contributed by atoms with Crippen LogP contribution in [0, 0.1) is 21.6 Å². The zero-order valence-electron chi connectivity index (χ0n) is 11.7. The van der Waals surface area contributed by atoms with E-state index in [1.54, 1.807) is 30.3 Å². The third-order valence-electron chi connectivity index (χ3n) is 4.35. The van der Waals surface area contributed by atoms with E-state index < -0.39 is 4.84 Å². The summed E-state index contributed by atoms with van der Waals surface area (Å²) in [7, 11) is 0. The molecule has 2 aromatic rings. The maximum atomic E-state index is 8.38. The number of alkyl halides is 2. The van der Waals surface area contributed by atoms with Crippen molar-refractivity contribution in [2.24, 2.45) is 0 Å². The number of hydrogen-bond acceptors (Lipinski definition) is 4. The molecule has 6 heteroatoms. The molecule has 0 unspecified atom stereocenters. The van der Waals surface area contributed by atoms with E-state index >= 15 is 0 Å². The summed E-state index contributed by atoms with van der Waals surface area (Å²) in [6.07, 6.45) is 0. The SMILES string of the molecule is N=c1c(=N)c2ccc(C(Cl)Cl)c3c2-c2c1cccc2c(=N)c3=N. The highest BCUT2D eigenvalue weighted by Gasteiger charge is 2.23. The maximum absolute atomic E-state index is 8.38. The summed E-state index contributed by atoms with van der Waals surface area (Å²) in [6.45, 7) is 0. The highest BCUT2D eigenvalue weighted by Crippen LogP contribution is 2.39. The Morgan fingerprint density at radius 1 is 0.652 bits per heavy atom. The van der Waals surface area contributed by atoms with Gasteiger partial charge in [-0.1, -0.05) is 30.3 Å². The number of halogens is 2. The molecule has 0 radical (unpaired) electrons. The summed E-state index contributed by atoms with van der Waals surface area (Å²) < 4.78 is 0. The van der Waals surface area contributed by atoms with E-state index in [9.17, 15) is 0 Å². The van der Waals surface area contributed by atoms with E-state index in [4.69, 9.17) is 44.8 Å². The number of hydrogen-bond donors (Lipinski definition) is 4. The Balaban J connectivity index is 2.55.